The fourth-order valence-electron chi connectivity index (χ4n) is 6.22. The Morgan fingerprint density at radius 2 is 1.66 bits per heavy atom. The molecule has 2 aromatic rings. The minimum Gasteiger partial charge on any atom is -0.378 e. The van der Waals surface area contributed by atoms with Crippen LogP contribution in [0.2, 0.25) is 0 Å². The molecule has 0 aromatic heterocycles. The Morgan fingerprint density at radius 1 is 1.05 bits per heavy atom. The van der Waals surface area contributed by atoms with Crippen molar-refractivity contribution in [2.75, 3.05) is 47.8 Å². The van der Waals surface area contributed by atoms with Crippen molar-refractivity contribution in [3.8, 4) is 6.07 Å². The third-order valence-electron chi connectivity index (χ3n) is 8.55. The van der Waals surface area contributed by atoms with E-state index in [0.717, 1.165) is 58.6 Å². The Hall–Kier alpha value is -4.09. The molecule has 2 atom stereocenters. The lowest BCUT2D eigenvalue weighted by atomic mass is 9.69. The molecular weight excluding hydrogens is 512 g/mol. The molecule has 1 saturated heterocycles. The molecular formula is C33H42N6O2. The summed E-state index contributed by atoms with van der Waals surface area (Å²) in [6.45, 7) is 10.3. The number of fused-ring (bicyclic) bond motifs is 2. The number of aryl methyl sites for hydroxylation is 2. The predicted molar refractivity (Wildman–Crippen MR) is 163 cm³/mol. The summed E-state index contributed by atoms with van der Waals surface area (Å²) in [6, 6.07) is 14.0. The number of benzene rings is 2. The molecule has 2 aromatic carbocycles. The molecule has 2 unspecified atom stereocenters. The van der Waals surface area contributed by atoms with Gasteiger partial charge in [-0.2, -0.15) is 5.26 Å². The summed E-state index contributed by atoms with van der Waals surface area (Å²) in [7, 11) is 7.39. The topological polar surface area (TPSA) is 106 Å². The molecule has 3 N–H and O–H groups in total. The standard InChI is InChI=1S/C33H42N6O2/c1-22(39-17-7-8-28(39)20-34)21-36-16-15-33(32(35)41)29-13-11-24(23(2)37(3)4)18-25(29)9-10-26-19-27(12-14-30(26)33)31(40)38(5)6/h11-14,18-19,28,36H,1-2,7-10,15-17,21H2,3-6H3,(H2,35,41). The van der Waals surface area contributed by atoms with Crippen molar-refractivity contribution in [3.05, 3.63) is 88.6 Å². The zero-order chi connectivity index (χ0) is 29.9. The van der Waals surface area contributed by atoms with E-state index in [1.165, 1.54) is 0 Å². The summed E-state index contributed by atoms with van der Waals surface area (Å²) in [5, 5.41) is 12.9. The minimum atomic E-state index is -1.09. The van der Waals surface area contributed by atoms with Crippen LogP contribution in [0, 0.1) is 11.3 Å². The minimum absolute atomic E-state index is 0.0819. The van der Waals surface area contributed by atoms with Gasteiger partial charge in [0, 0.05) is 58.2 Å². The Labute approximate surface area is 244 Å². The van der Waals surface area contributed by atoms with Gasteiger partial charge in [-0.15, -0.1) is 0 Å². The predicted octanol–water partition coefficient (Wildman–Crippen LogP) is 3.27. The Morgan fingerprint density at radius 3 is 2.22 bits per heavy atom. The monoisotopic (exact) mass is 554 g/mol. The fourth-order valence-corrected chi connectivity index (χ4v) is 6.22. The van der Waals surface area contributed by atoms with Crippen molar-refractivity contribution in [1.29, 1.82) is 5.26 Å². The highest BCUT2D eigenvalue weighted by atomic mass is 16.2. The molecule has 1 heterocycles. The summed E-state index contributed by atoms with van der Waals surface area (Å²) in [4.78, 5) is 32.1. The first kappa shape index (κ1) is 29.9. The smallest absolute Gasteiger partial charge is 0.253 e. The molecule has 8 nitrogen and oxygen atoms in total. The van der Waals surface area contributed by atoms with E-state index in [2.05, 4.69) is 35.5 Å². The van der Waals surface area contributed by atoms with Crippen LogP contribution in [0.3, 0.4) is 0 Å². The first-order chi connectivity index (χ1) is 19.5. The quantitative estimate of drug-likeness (QED) is 0.437. The molecule has 8 heteroatoms. The Bertz CT molecular complexity index is 1330. The van der Waals surface area contributed by atoms with Crippen molar-refractivity contribution in [2.24, 2.45) is 5.73 Å². The summed E-state index contributed by atoms with van der Waals surface area (Å²) < 4.78 is 0. The van der Waals surface area contributed by atoms with Gasteiger partial charge < -0.3 is 25.8 Å². The van der Waals surface area contributed by atoms with Crippen LogP contribution in [-0.2, 0) is 23.1 Å². The van der Waals surface area contributed by atoms with Gasteiger partial charge in [-0.3, -0.25) is 9.59 Å². The number of nitriles is 1. The third kappa shape index (κ3) is 5.73. The first-order valence-electron chi connectivity index (χ1n) is 14.2. The van der Waals surface area contributed by atoms with Gasteiger partial charge in [0.05, 0.1) is 6.07 Å². The number of amides is 2. The number of primary amides is 1. The highest BCUT2D eigenvalue weighted by molar-refractivity contribution is 5.96. The maximum absolute atomic E-state index is 13.7. The van der Waals surface area contributed by atoms with Crippen LogP contribution in [0.25, 0.3) is 5.70 Å². The van der Waals surface area contributed by atoms with E-state index in [0.29, 0.717) is 37.9 Å². The van der Waals surface area contributed by atoms with Gasteiger partial charge in [0.15, 0.2) is 0 Å². The molecule has 1 aliphatic heterocycles. The number of hydrogen-bond donors (Lipinski definition) is 2. The van der Waals surface area contributed by atoms with Crippen LogP contribution < -0.4 is 11.1 Å². The number of nitrogens with two attached hydrogens (primary N) is 1. The van der Waals surface area contributed by atoms with Gasteiger partial charge in [-0.1, -0.05) is 31.4 Å². The number of carbonyl (C=O) groups excluding carboxylic acids is 2. The van der Waals surface area contributed by atoms with Gasteiger partial charge in [-0.05, 0) is 84.7 Å². The van der Waals surface area contributed by atoms with Crippen molar-refractivity contribution < 1.29 is 9.59 Å². The second kappa shape index (κ2) is 12.2. The van der Waals surface area contributed by atoms with Crippen LogP contribution >= 0.6 is 0 Å². The Balaban J connectivity index is 1.72. The highest BCUT2D eigenvalue weighted by Crippen LogP contribution is 2.43. The van der Waals surface area contributed by atoms with E-state index >= 15 is 0 Å². The zero-order valence-corrected chi connectivity index (χ0v) is 24.8. The fraction of sp³-hybridized carbons (Fsp3) is 0.424. The van der Waals surface area contributed by atoms with E-state index in [1.54, 1.807) is 25.1 Å². The molecule has 0 radical (unpaired) electrons. The number of nitrogens with zero attached hydrogens (tertiary/aromatic N) is 4. The first-order valence-corrected chi connectivity index (χ1v) is 14.2. The van der Waals surface area contributed by atoms with Crippen molar-refractivity contribution in [3.63, 3.8) is 0 Å². The van der Waals surface area contributed by atoms with Crippen molar-refractivity contribution in [2.45, 2.75) is 43.6 Å². The maximum atomic E-state index is 13.7. The second-order valence-corrected chi connectivity index (χ2v) is 11.5. The average Bonchev–Trinajstić information content (AvgIpc) is 3.39. The maximum Gasteiger partial charge on any atom is 0.253 e. The Kier molecular flexibility index (Phi) is 8.89. The van der Waals surface area contributed by atoms with Crippen LogP contribution in [0.4, 0.5) is 0 Å². The molecule has 4 rings (SSSR count). The third-order valence-corrected chi connectivity index (χ3v) is 8.55. The van der Waals surface area contributed by atoms with E-state index < -0.39 is 11.3 Å². The number of rotatable bonds is 10. The summed E-state index contributed by atoms with van der Waals surface area (Å²) in [6.07, 6.45) is 3.66. The summed E-state index contributed by atoms with van der Waals surface area (Å²) in [5.41, 5.74) is 12.4. The van der Waals surface area contributed by atoms with Gasteiger partial charge in [0.25, 0.3) is 5.91 Å². The van der Waals surface area contributed by atoms with Crippen molar-refractivity contribution in [1.82, 2.24) is 20.0 Å². The average molecular weight is 555 g/mol. The van der Waals surface area contributed by atoms with E-state index in [9.17, 15) is 14.9 Å². The van der Waals surface area contributed by atoms with Gasteiger partial charge in [0.1, 0.15) is 11.5 Å². The van der Waals surface area contributed by atoms with Crippen LogP contribution in [0.1, 0.15) is 57.4 Å². The molecule has 2 amide bonds. The number of carbonyl (C=O) groups is 2. The number of likely N-dealkylation sites (tertiary alicyclic amines) is 1. The molecule has 1 fully saturated rings. The number of nitrogens with one attached hydrogen (secondary N) is 1. The second-order valence-electron chi connectivity index (χ2n) is 11.5. The molecule has 0 spiro atoms. The van der Waals surface area contributed by atoms with Gasteiger partial charge in [0.2, 0.25) is 5.91 Å². The lowest BCUT2D eigenvalue weighted by Crippen LogP contribution is -2.45. The zero-order valence-electron chi connectivity index (χ0n) is 24.8. The largest absolute Gasteiger partial charge is 0.378 e. The number of hydrogen-bond acceptors (Lipinski definition) is 6. The van der Waals surface area contributed by atoms with Gasteiger partial charge in [-0.25, -0.2) is 0 Å². The highest BCUT2D eigenvalue weighted by Gasteiger charge is 2.44. The van der Waals surface area contributed by atoms with Gasteiger partial charge >= 0.3 is 0 Å². The lowest BCUT2D eigenvalue weighted by Gasteiger charge is -2.34. The molecule has 0 saturated carbocycles. The van der Waals surface area contributed by atoms with E-state index in [1.807, 2.05) is 43.3 Å². The normalized spacial score (nSPS) is 19.4. The molecule has 41 heavy (non-hydrogen) atoms. The summed E-state index contributed by atoms with van der Waals surface area (Å²) in [5.74, 6) is -0.501. The van der Waals surface area contributed by atoms with Crippen LogP contribution in [0.5, 0.6) is 0 Å². The lowest BCUT2D eigenvalue weighted by molar-refractivity contribution is -0.122. The van der Waals surface area contributed by atoms with Crippen molar-refractivity contribution >= 4 is 17.5 Å². The summed E-state index contributed by atoms with van der Waals surface area (Å²) >= 11 is 0. The molecule has 2 aliphatic rings. The molecule has 0 bridgehead atoms. The van der Waals surface area contributed by atoms with Crippen LogP contribution in [0.15, 0.2) is 55.3 Å². The van der Waals surface area contributed by atoms with E-state index in [4.69, 9.17) is 5.73 Å². The molecule has 216 valence electrons. The molecule has 1 aliphatic carbocycles. The van der Waals surface area contributed by atoms with E-state index in [-0.39, 0.29) is 11.9 Å². The SMILES string of the molecule is C=C(c1ccc2c(c1)CCc1cc(C(=O)N(C)C)ccc1C2(CCNCC(=C)N1CCCC1C#N)C(N)=O)N(C)C. The van der Waals surface area contributed by atoms with Crippen LogP contribution in [-0.4, -0.2) is 80.4 Å².